The van der Waals surface area contributed by atoms with Crippen molar-refractivity contribution in [1.29, 1.82) is 0 Å². The highest BCUT2D eigenvalue weighted by Crippen LogP contribution is 2.30. The Hall–Kier alpha value is -2.90. The predicted octanol–water partition coefficient (Wildman–Crippen LogP) is 6.01. The maximum atomic E-state index is 14.0. The summed E-state index contributed by atoms with van der Waals surface area (Å²) < 4.78 is 33.1. The van der Waals surface area contributed by atoms with Gasteiger partial charge in [0.2, 0.25) is 5.91 Å². The summed E-state index contributed by atoms with van der Waals surface area (Å²) in [5, 5.41) is 2.95. The average Bonchev–Trinajstić information content (AvgIpc) is 2.86. The van der Waals surface area contributed by atoms with Gasteiger partial charge in [-0.25, -0.2) is 8.78 Å². The van der Waals surface area contributed by atoms with Crippen molar-refractivity contribution < 1.29 is 18.3 Å². The number of nitrogens with zero attached hydrogens (tertiary/aromatic N) is 1. The van der Waals surface area contributed by atoms with E-state index in [1.165, 1.54) is 24.3 Å². The topological polar surface area (TPSA) is 41.6 Å². The van der Waals surface area contributed by atoms with Crippen molar-refractivity contribution in [2.75, 3.05) is 19.3 Å². The molecule has 0 bridgehead atoms. The fourth-order valence-corrected chi connectivity index (χ4v) is 4.48. The Morgan fingerprint density at radius 2 is 1.68 bits per heavy atom. The molecule has 0 unspecified atom stereocenters. The lowest BCUT2D eigenvalue weighted by molar-refractivity contribution is -0.126. The fraction of sp³-hybridized carbons (Fsp3) is 0.296. The maximum absolute atomic E-state index is 14.0. The summed E-state index contributed by atoms with van der Waals surface area (Å²) in [6, 6.07) is 18.5. The van der Waals surface area contributed by atoms with E-state index in [-0.39, 0.29) is 23.5 Å². The van der Waals surface area contributed by atoms with Gasteiger partial charge in [-0.2, -0.15) is 0 Å². The number of likely N-dealkylation sites (tertiary alicyclic amines) is 1. The molecule has 0 spiro atoms. The molecule has 0 aliphatic carbocycles. The number of rotatable bonds is 8. The summed E-state index contributed by atoms with van der Waals surface area (Å²) in [5.41, 5.74) is 1.65. The van der Waals surface area contributed by atoms with Crippen LogP contribution in [0.3, 0.4) is 0 Å². The van der Waals surface area contributed by atoms with Gasteiger partial charge in [-0.1, -0.05) is 12.1 Å². The van der Waals surface area contributed by atoms with E-state index in [4.69, 9.17) is 4.74 Å². The van der Waals surface area contributed by atoms with Crippen LogP contribution in [-0.2, 0) is 17.9 Å². The number of carbonyl (C=O) groups excluding carboxylic acids is 1. The van der Waals surface area contributed by atoms with Gasteiger partial charge in [-0.3, -0.25) is 9.69 Å². The van der Waals surface area contributed by atoms with Crippen LogP contribution in [0.5, 0.6) is 11.5 Å². The number of hydrogen-bond donors (Lipinski definition) is 1. The lowest BCUT2D eigenvalue weighted by Crippen LogP contribution is -2.40. The minimum absolute atomic E-state index is 0.0208. The predicted molar refractivity (Wildman–Crippen MR) is 131 cm³/mol. The van der Waals surface area contributed by atoms with Crippen LogP contribution >= 0.6 is 11.8 Å². The van der Waals surface area contributed by atoms with Gasteiger partial charge in [0.15, 0.2) is 0 Å². The molecule has 0 saturated carbocycles. The lowest BCUT2D eigenvalue weighted by Gasteiger charge is -2.31. The third-order valence-electron chi connectivity index (χ3n) is 6.04. The summed E-state index contributed by atoms with van der Waals surface area (Å²) in [7, 11) is 0. The highest BCUT2D eigenvalue weighted by atomic mass is 32.2. The SMILES string of the molecule is CSc1ccc(Oc2ccc(F)cc2CN2CCC(C(=O)NCc3ccc(F)cc3)CC2)cc1. The second kappa shape index (κ2) is 11.5. The largest absolute Gasteiger partial charge is 0.457 e. The Kier molecular flexibility index (Phi) is 8.19. The Labute approximate surface area is 203 Å². The first-order valence-electron chi connectivity index (χ1n) is 11.3. The number of carbonyl (C=O) groups is 1. The average molecular weight is 483 g/mol. The van der Waals surface area contributed by atoms with Crippen molar-refractivity contribution in [2.24, 2.45) is 5.92 Å². The summed E-state index contributed by atoms with van der Waals surface area (Å²) in [6.45, 7) is 2.43. The Balaban J connectivity index is 1.31. The summed E-state index contributed by atoms with van der Waals surface area (Å²) in [6.07, 6.45) is 3.49. The van der Waals surface area contributed by atoms with Crippen LogP contribution in [-0.4, -0.2) is 30.2 Å². The number of thioether (sulfide) groups is 1. The molecule has 34 heavy (non-hydrogen) atoms. The zero-order valence-corrected chi connectivity index (χ0v) is 19.9. The van der Waals surface area contributed by atoms with Crippen molar-refractivity contribution in [2.45, 2.75) is 30.8 Å². The van der Waals surface area contributed by atoms with Crippen LogP contribution in [0, 0.1) is 17.6 Å². The van der Waals surface area contributed by atoms with Crippen molar-refractivity contribution >= 4 is 17.7 Å². The first kappa shape index (κ1) is 24.2. The van der Waals surface area contributed by atoms with Crippen molar-refractivity contribution in [3.8, 4) is 11.5 Å². The third-order valence-corrected chi connectivity index (χ3v) is 6.79. The molecule has 1 fully saturated rings. The zero-order chi connectivity index (χ0) is 23.9. The number of ether oxygens (including phenoxy) is 1. The number of piperidine rings is 1. The number of halogens is 2. The smallest absolute Gasteiger partial charge is 0.223 e. The summed E-state index contributed by atoms with van der Waals surface area (Å²) in [4.78, 5) is 15.9. The minimum Gasteiger partial charge on any atom is -0.457 e. The van der Waals surface area contributed by atoms with E-state index >= 15 is 0 Å². The molecule has 7 heteroatoms. The Morgan fingerprint density at radius 3 is 2.35 bits per heavy atom. The summed E-state index contributed by atoms with van der Waals surface area (Å²) in [5.74, 6) is 0.722. The number of amides is 1. The second-order valence-electron chi connectivity index (χ2n) is 8.42. The lowest BCUT2D eigenvalue weighted by atomic mass is 9.95. The Bertz CT molecular complexity index is 1100. The van der Waals surface area contributed by atoms with Gasteiger partial charge < -0.3 is 10.1 Å². The van der Waals surface area contributed by atoms with Gasteiger partial charge in [0.1, 0.15) is 23.1 Å². The van der Waals surface area contributed by atoms with E-state index in [1.807, 2.05) is 30.5 Å². The molecule has 178 valence electrons. The van der Waals surface area contributed by atoms with Crippen molar-refractivity contribution in [3.63, 3.8) is 0 Å². The monoisotopic (exact) mass is 482 g/mol. The van der Waals surface area contributed by atoms with E-state index in [9.17, 15) is 13.6 Å². The third kappa shape index (κ3) is 6.58. The second-order valence-corrected chi connectivity index (χ2v) is 9.30. The van der Waals surface area contributed by atoms with Gasteiger partial charge >= 0.3 is 0 Å². The first-order valence-corrected chi connectivity index (χ1v) is 12.6. The van der Waals surface area contributed by atoms with Crippen LogP contribution < -0.4 is 10.1 Å². The quantitative estimate of drug-likeness (QED) is 0.400. The van der Waals surface area contributed by atoms with Gasteiger partial charge in [-0.05, 0) is 92.3 Å². The molecule has 0 atom stereocenters. The van der Waals surface area contributed by atoms with Crippen LogP contribution in [0.4, 0.5) is 8.78 Å². The van der Waals surface area contributed by atoms with Gasteiger partial charge in [0, 0.05) is 29.5 Å². The van der Waals surface area contributed by atoms with Crippen LogP contribution in [0.1, 0.15) is 24.0 Å². The highest BCUT2D eigenvalue weighted by Gasteiger charge is 2.25. The standard InChI is InChI=1S/C27H28F2N2O2S/c1-34-25-9-7-24(8-10-25)33-26-11-6-23(29)16-21(26)18-31-14-12-20(13-15-31)27(32)30-17-19-2-4-22(28)5-3-19/h2-11,16,20H,12-15,17-18H2,1H3,(H,30,32). The summed E-state index contributed by atoms with van der Waals surface area (Å²) >= 11 is 1.66. The van der Waals surface area contributed by atoms with E-state index in [1.54, 1.807) is 30.0 Å². The van der Waals surface area contributed by atoms with Gasteiger partial charge in [0.25, 0.3) is 0 Å². The molecular weight excluding hydrogens is 454 g/mol. The maximum Gasteiger partial charge on any atom is 0.223 e. The van der Waals surface area contributed by atoms with Crippen LogP contribution in [0.2, 0.25) is 0 Å². The molecule has 4 rings (SSSR count). The molecule has 3 aromatic rings. The molecule has 1 saturated heterocycles. The highest BCUT2D eigenvalue weighted by molar-refractivity contribution is 7.98. The van der Waals surface area contributed by atoms with Crippen molar-refractivity contribution in [1.82, 2.24) is 10.2 Å². The molecule has 0 aromatic heterocycles. The van der Waals surface area contributed by atoms with E-state index < -0.39 is 0 Å². The normalized spacial score (nSPS) is 14.7. The van der Waals surface area contributed by atoms with E-state index in [0.29, 0.717) is 24.6 Å². The first-order chi connectivity index (χ1) is 16.5. The molecule has 1 aliphatic rings. The molecule has 3 aromatic carbocycles. The fourth-order valence-electron chi connectivity index (χ4n) is 4.07. The molecule has 1 aliphatic heterocycles. The molecule has 1 N–H and O–H groups in total. The molecule has 1 heterocycles. The van der Waals surface area contributed by atoms with E-state index in [0.717, 1.165) is 42.0 Å². The molecule has 0 radical (unpaired) electrons. The Morgan fingerprint density at radius 1 is 1.00 bits per heavy atom. The van der Waals surface area contributed by atoms with Crippen LogP contribution in [0.15, 0.2) is 71.6 Å². The van der Waals surface area contributed by atoms with E-state index in [2.05, 4.69) is 10.2 Å². The number of benzene rings is 3. The van der Waals surface area contributed by atoms with Crippen LogP contribution in [0.25, 0.3) is 0 Å². The van der Waals surface area contributed by atoms with Gasteiger partial charge in [0.05, 0.1) is 0 Å². The van der Waals surface area contributed by atoms with Crippen molar-refractivity contribution in [3.05, 3.63) is 89.5 Å². The molecule has 4 nitrogen and oxygen atoms in total. The minimum atomic E-state index is -0.296. The zero-order valence-electron chi connectivity index (χ0n) is 19.1. The van der Waals surface area contributed by atoms with Gasteiger partial charge in [-0.15, -0.1) is 11.8 Å². The number of hydrogen-bond acceptors (Lipinski definition) is 4. The molecular formula is C27H28F2N2O2S. The number of nitrogens with one attached hydrogen (secondary N) is 1. The molecule has 1 amide bonds.